The molecule has 1 fully saturated rings. The molecule has 2 aromatic carbocycles. The number of pyridine rings is 2. The van der Waals surface area contributed by atoms with Gasteiger partial charge in [-0.25, -0.2) is 0 Å². The van der Waals surface area contributed by atoms with Gasteiger partial charge in [-0.3, -0.25) is 0 Å². The van der Waals surface area contributed by atoms with Crippen LogP contribution in [0.4, 0.5) is 0 Å². The molecule has 286 valence electrons. The Kier molecular flexibility index (Phi) is 15.3. The number of rotatable bonds is 22. The highest BCUT2D eigenvalue weighted by Crippen LogP contribution is 2.33. The van der Waals surface area contributed by atoms with Gasteiger partial charge in [0.05, 0.1) is 20.8 Å². The molecule has 0 saturated heterocycles. The van der Waals surface area contributed by atoms with E-state index in [1.807, 2.05) is 24.3 Å². The van der Waals surface area contributed by atoms with Gasteiger partial charge in [0.2, 0.25) is 23.5 Å². The molecule has 0 atom stereocenters. The van der Waals surface area contributed by atoms with Crippen molar-refractivity contribution in [3.05, 3.63) is 94.0 Å². The van der Waals surface area contributed by atoms with Crippen molar-refractivity contribution in [3.8, 4) is 34.6 Å². The Morgan fingerprint density at radius 2 is 1.17 bits per heavy atom. The average Bonchev–Trinajstić information content (AvgIpc) is 3.67. The fraction of sp³-hybridized carbons (Fsp3) is 0.488. The van der Waals surface area contributed by atoms with E-state index in [0.717, 1.165) is 109 Å². The van der Waals surface area contributed by atoms with E-state index in [4.69, 9.17) is 24.1 Å². The summed E-state index contributed by atoms with van der Waals surface area (Å²) in [5, 5.41) is 25.9. The average molecular weight is 727 g/mol. The Morgan fingerprint density at radius 3 is 1.70 bits per heavy atom. The number of hydrogen-bond acceptors (Lipinski definition) is 10. The van der Waals surface area contributed by atoms with E-state index in [-0.39, 0.29) is 18.8 Å². The number of ether oxygens (including phenoxy) is 4. The number of hydrogen-bond donors (Lipinski definition) is 4. The minimum atomic E-state index is -0.217. The molecule has 10 nitrogen and oxygen atoms in total. The van der Waals surface area contributed by atoms with E-state index >= 15 is 0 Å². The number of nitrogens with one attached hydrogen (secondary N) is 2. The minimum Gasteiger partial charge on any atom is -0.481 e. The molecular formula is C43H58N4O6. The number of aromatic nitrogens is 2. The highest BCUT2D eigenvalue weighted by molar-refractivity contribution is 5.72. The highest BCUT2D eigenvalue weighted by Gasteiger charge is 2.32. The van der Waals surface area contributed by atoms with Crippen LogP contribution in [0.25, 0.3) is 11.1 Å². The summed E-state index contributed by atoms with van der Waals surface area (Å²) in [6.45, 7) is 7.61. The van der Waals surface area contributed by atoms with Crippen molar-refractivity contribution in [3.63, 3.8) is 0 Å². The first-order chi connectivity index (χ1) is 25.9. The molecular weight excluding hydrogens is 668 g/mol. The van der Waals surface area contributed by atoms with Crippen molar-refractivity contribution in [2.75, 3.05) is 34.0 Å². The fourth-order valence-corrected chi connectivity index (χ4v) is 7.10. The van der Waals surface area contributed by atoms with E-state index in [1.165, 1.54) is 0 Å². The molecule has 0 aliphatic heterocycles. The van der Waals surface area contributed by atoms with Crippen LogP contribution in [0.3, 0.4) is 0 Å². The molecule has 1 aliphatic carbocycles. The molecule has 4 N–H and O–H groups in total. The van der Waals surface area contributed by atoms with Crippen LogP contribution in [0, 0.1) is 13.8 Å². The molecule has 1 saturated carbocycles. The standard InChI is InChI=1S/C43H58N4O6/c1-31-35(28-52-39-20-18-33(41(46-39)50-3)26-44-24-10-6-5-7-11-25-48)14-12-16-37(31)38-17-13-15-36(32(38)2)29-53-40-21-19-34(42(47-40)51-4)27-45-43(30-49)22-8-9-23-43/h12-21,44-45,48-49H,5-11,22-30H2,1-4H3. The lowest BCUT2D eigenvalue weighted by atomic mass is 9.92. The summed E-state index contributed by atoms with van der Waals surface area (Å²) in [5.74, 6) is 2.11. The third-order valence-electron chi connectivity index (χ3n) is 10.5. The summed E-state index contributed by atoms with van der Waals surface area (Å²) >= 11 is 0. The van der Waals surface area contributed by atoms with Gasteiger partial charge in [0, 0.05) is 48.5 Å². The zero-order valence-electron chi connectivity index (χ0n) is 32.0. The maximum Gasteiger partial charge on any atom is 0.220 e. The summed E-state index contributed by atoms with van der Waals surface area (Å²) < 4.78 is 23.6. The molecule has 10 heteroatoms. The maximum absolute atomic E-state index is 9.98. The van der Waals surface area contributed by atoms with Crippen molar-refractivity contribution >= 4 is 0 Å². The number of aliphatic hydroxyl groups is 2. The predicted octanol–water partition coefficient (Wildman–Crippen LogP) is 7.36. The van der Waals surface area contributed by atoms with Crippen LogP contribution < -0.4 is 29.6 Å². The van der Waals surface area contributed by atoms with Gasteiger partial charge in [0.1, 0.15) is 13.2 Å². The molecule has 0 bridgehead atoms. The second kappa shape index (κ2) is 20.3. The van der Waals surface area contributed by atoms with Crippen LogP contribution in [-0.4, -0.2) is 59.7 Å². The van der Waals surface area contributed by atoms with Crippen molar-refractivity contribution in [2.45, 2.75) is 103 Å². The van der Waals surface area contributed by atoms with Gasteiger partial charge < -0.3 is 39.8 Å². The first kappa shape index (κ1) is 40.0. The Labute approximate surface area is 315 Å². The summed E-state index contributed by atoms with van der Waals surface area (Å²) in [4.78, 5) is 9.28. The van der Waals surface area contributed by atoms with E-state index in [2.05, 4.69) is 70.8 Å². The Morgan fingerprint density at radius 1 is 0.642 bits per heavy atom. The van der Waals surface area contributed by atoms with Crippen molar-refractivity contribution < 1.29 is 29.2 Å². The maximum atomic E-state index is 9.98. The van der Waals surface area contributed by atoms with Crippen molar-refractivity contribution in [1.82, 2.24) is 20.6 Å². The normalized spacial score (nSPS) is 13.6. The zero-order chi connectivity index (χ0) is 37.5. The van der Waals surface area contributed by atoms with Crippen LogP contribution in [0.15, 0.2) is 60.7 Å². The highest BCUT2D eigenvalue weighted by atomic mass is 16.5. The SMILES string of the molecule is COc1nc(OCc2cccc(-c3cccc(COc4ccc(CNC5(CO)CCCC5)c(OC)n4)c3C)c2C)ccc1CNCCCCCCCO. The topological polar surface area (TPSA) is 127 Å². The minimum absolute atomic E-state index is 0.134. The molecule has 53 heavy (non-hydrogen) atoms. The Balaban J connectivity index is 1.18. The summed E-state index contributed by atoms with van der Waals surface area (Å²) in [6.07, 6.45) is 9.60. The third kappa shape index (κ3) is 10.9. The number of benzene rings is 2. The first-order valence-corrected chi connectivity index (χ1v) is 19.1. The Hall–Kier alpha value is -4.22. The second-order valence-corrected chi connectivity index (χ2v) is 14.1. The van der Waals surface area contributed by atoms with E-state index < -0.39 is 0 Å². The zero-order valence-corrected chi connectivity index (χ0v) is 32.0. The molecule has 0 unspecified atom stereocenters. The summed E-state index contributed by atoms with van der Waals surface area (Å²) in [6, 6.07) is 20.4. The number of nitrogens with zero attached hydrogens (tertiary/aromatic N) is 2. The second-order valence-electron chi connectivity index (χ2n) is 14.1. The summed E-state index contributed by atoms with van der Waals surface area (Å²) in [7, 11) is 3.26. The molecule has 2 heterocycles. The van der Waals surface area contributed by atoms with Crippen molar-refractivity contribution in [1.29, 1.82) is 0 Å². The number of unbranched alkanes of at least 4 members (excludes halogenated alkanes) is 4. The van der Waals surface area contributed by atoms with Crippen LogP contribution in [0.2, 0.25) is 0 Å². The quantitative estimate of drug-likeness (QED) is 0.0611. The van der Waals surface area contributed by atoms with Gasteiger partial charge in [0.15, 0.2) is 0 Å². The van der Waals surface area contributed by atoms with E-state index in [9.17, 15) is 5.11 Å². The van der Waals surface area contributed by atoms with Crippen LogP contribution in [0.5, 0.6) is 23.5 Å². The number of aliphatic hydroxyl groups excluding tert-OH is 2. The Bertz CT molecular complexity index is 1740. The van der Waals surface area contributed by atoms with E-state index in [1.54, 1.807) is 14.2 Å². The number of methoxy groups -OCH3 is 2. The van der Waals surface area contributed by atoms with Crippen LogP contribution in [-0.2, 0) is 26.3 Å². The van der Waals surface area contributed by atoms with Crippen LogP contribution >= 0.6 is 0 Å². The molecule has 4 aromatic rings. The van der Waals surface area contributed by atoms with Gasteiger partial charge in [-0.2, -0.15) is 9.97 Å². The van der Waals surface area contributed by atoms with Gasteiger partial charge >= 0.3 is 0 Å². The smallest absolute Gasteiger partial charge is 0.220 e. The predicted molar refractivity (Wildman–Crippen MR) is 209 cm³/mol. The van der Waals surface area contributed by atoms with Gasteiger partial charge in [-0.1, -0.05) is 68.5 Å². The molecule has 0 spiro atoms. The molecule has 5 rings (SSSR count). The van der Waals surface area contributed by atoms with E-state index in [0.29, 0.717) is 49.8 Å². The third-order valence-corrected chi connectivity index (χ3v) is 10.5. The van der Waals surface area contributed by atoms with Gasteiger partial charge in [-0.15, -0.1) is 0 Å². The lowest BCUT2D eigenvalue weighted by Crippen LogP contribution is -2.45. The molecule has 0 amide bonds. The van der Waals surface area contributed by atoms with Gasteiger partial charge in [0.25, 0.3) is 0 Å². The molecule has 0 radical (unpaired) electrons. The summed E-state index contributed by atoms with van der Waals surface area (Å²) in [5.41, 5.74) is 8.44. The first-order valence-electron chi connectivity index (χ1n) is 19.1. The van der Waals surface area contributed by atoms with Crippen molar-refractivity contribution in [2.24, 2.45) is 0 Å². The van der Waals surface area contributed by atoms with Gasteiger partial charge in [-0.05, 0) is 91.6 Å². The largest absolute Gasteiger partial charge is 0.481 e. The monoisotopic (exact) mass is 726 g/mol. The van der Waals surface area contributed by atoms with Crippen LogP contribution in [0.1, 0.15) is 91.2 Å². The fourth-order valence-electron chi connectivity index (χ4n) is 7.10. The lowest BCUT2D eigenvalue weighted by molar-refractivity contribution is 0.162. The lowest BCUT2D eigenvalue weighted by Gasteiger charge is -2.28. The molecule has 1 aliphatic rings. The molecule has 2 aromatic heterocycles.